The lowest BCUT2D eigenvalue weighted by Gasteiger charge is -2.33. The molecular formula is C19H27N5O2. The van der Waals surface area contributed by atoms with Gasteiger partial charge in [0.25, 0.3) is 0 Å². The predicted molar refractivity (Wildman–Crippen MR) is 99.3 cm³/mol. The minimum atomic E-state index is -0.188. The lowest BCUT2D eigenvalue weighted by Crippen LogP contribution is -2.43. The molecule has 0 unspecified atom stereocenters. The van der Waals surface area contributed by atoms with Gasteiger partial charge in [0.2, 0.25) is 11.7 Å². The molecule has 2 aliphatic rings. The van der Waals surface area contributed by atoms with Crippen molar-refractivity contribution in [2.75, 3.05) is 44.8 Å². The molecule has 0 aliphatic carbocycles. The van der Waals surface area contributed by atoms with Crippen LogP contribution in [0.4, 0.5) is 5.82 Å². The monoisotopic (exact) mass is 357 g/mol. The number of ether oxygens (including phenoxy) is 1. The molecule has 2 fully saturated rings. The highest BCUT2D eigenvalue weighted by molar-refractivity contribution is 5.56. The second kappa shape index (κ2) is 7.72. The maximum Gasteiger partial charge on any atom is 0.235 e. The van der Waals surface area contributed by atoms with E-state index in [0.29, 0.717) is 18.3 Å². The van der Waals surface area contributed by atoms with E-state index >= 15 is 0 Å². The van der Waals surface area contributed by atoms with E-state index in [4.69, 9.17) is 14.2 Å². The summed E-state index contributed by atoms with van der Waals surface area (Å²) in [5, 5.41) is 7.60. The Bertz CT molecular complexity index is 697. The number of nitrogens with one attached hydrogen (secondary N) is 1. The molecule has 0 bridgehead atoms. The summed E-state index contributed by atoms with van der Waals surface area (Å²) in [4.78, 5) is 11.7. The normalized spacial score (nSPS) is 20.3. The fourth-order valence-electron chi connectivity index (χ4n) is 3.99. The molecule has 0 radical (unpaired) electrons. The highest BCUT2D eigenvalue weighted by Crippen LogP contribution is 2.34. The molecule has 140 valence electrons. The van der Waals surface area contributed by atoms with E-state index in [-0.39, 0.29) is 5.41 Å². The van der Waals surface area contributed by atoms with Gasteiger partial charge in [0.15, 0.2) is 0 Å². The number of pyridine rings is 1. The summed E-state index contributed by atoms with van der Waals surface area (Å²) in [5.41, 5.74) is 0.703. The number of nitrogens with zero attached hydrogens (tertiary/aromatic N) is 4. The zero-order valence-electron chi connectivity index (χ0n) is 15.4. The number of anilines is 1. The molecule has 4 rings (SSSR count). The van der Waals surface area contributed by atoms with E-state index in [1.54, 1.807) is 7.11 Å². The summed E-state index contributed by atoms with van der Waals surface area (Å²) >= 11 is 0. The van der Waals surface area contributed by atoms with E-state index in [9.17, 15) is 0 Å². The van der Waals surface area contributed by atoms with Crippen molar-refractivity contribution >= 4 is 5.82 Å². The van der Waals surface area contributed by atoms with Crippen LogP contribution in [0.15, 0.2) is 22.9 Å². The highest BCUT2D eigenvalue weighted by atomic mass is 16.5. The average molecular weight is 357 g/mol. The van der Waals surface area contributed by atoms with Crippen molar-refractivity contribution in [3.05, 3.63) is 24.2 Å². The molecule has 1 N–H and O–H groups in total. The van der Waals surface area contributed by atoms with Gasteiger partial charge >= 0.3 is 0 Å². The number of hydrogen-bond donors (Lipinski definition) is 1. The van der Waals surface area contributed by atoms with Gasteiger partial charge in [-0.25, -0.2) is 4.98 Å². The smallest absolute Gasteiger partial charge is 0.235 e. The first-order valence-electron chi connectivity index (χ1n) is 9.56. The number of hydrogen-bond acceptors (Lipinski definition) is 7. The fraction of sp³-hybridized carbons (Fsp3) is 0.632. The Hall–Kier alpha value is -1.99. The van der Waals surface area contributed by atoms with Crippen LogP contribution < -0.4 is 10.2 Å². The van der Waals surface area contributed by atoms with E-state index < -0.39 is 0 Å². The zero-order chi connectivity index (χ0) is 17.8. The van der Waals surface area contributed by atoms with Crippen LogP contribution in [0, 0.1) is 0 Å². The van der Waals surface area contributed by atoms with Crippen LogP contribution in [0.5, 0.6) is 0 Å². The highest BCUT2D eigenvalue weighted by Gasteiger charge is 2.39. The van der Waals surface area contributed by atoms with E-state index in [1.165, 1.54) is 19.3 Å². The Kier molecular flexibility index (Phi) is 5.17. The van der Waals surface area contributed by atoms with Gasteiger partial charge in [-0.1, -0.05) is 5.16 Å². The molecule has 7 nitrogen and oxygen atoms in total. The van der Waals surface area contributed by atoms with Gasteiger partial charge in [0.1, 0.15) is 5.82 Å². The molecule has 2 aromatic heterocycles. The van der Waals surface area contributed by atoms with Crippen molar-refractivity contribution in [2.24, 2.45) is 0 Å². The van der Waals surface area contributed by atoms with Gasteiger partial charge in [-0.15, -0.1) is 0 Å². The first kappa shape index (κ1) is 17.4. The van der Waals surface area contributed by atoms with Crippen LogP contribution in [0.1, 0.15) is 38.0 Å². The third-order valence-corrected chi connectivity index (χ3v) is 5.55. The van der Waals surface area contributed by atoms with Gasteiger partial charge in [-0.2, -0.15) is 4.98 Å². The second-order valence-corrected chi connectivity index (χ2v) is 7.34. The summed E-state index contributed by atoms with van der Waals surface area (Å²) in [5.74, 6) is 2.31. The molecular weight excluding hydrogens is 330 g/mol. The van der Waals surface area contributed by atoms with Crippen molar-refractivity contribution in [1.82, 2.24) is 20.4 Å². The number of rotatable bonds is 5. The molecule has 0 spiro atoms. The van der Waals surface area contributed by atoms with Crippen molar-refractivity contribution in [3.63, 3.8) is 0 Å². The van der Waals surface area contributed by atoms with E-state index in [0.717, 1.165) is 50.4 Å². The third-order valence-electron chi connectivity index (χ3n) is 5.55. The zero-order valence-corrected chi connectivity index (χ0v) is 15.4. The van der Waals surface area contributed by atoms with Gasteiger partial charge in [-0.05, 0) is 57.3 Å². The average Bonchev–Trinajstić information content (AvgIpc) is 3.21. The topological polar surface area (TPSA) is 76.3 Å². The Morgan fingerprint density at radius 1 is 1.19 bits per heavy atom. The number of piperidine rings is 2. The number of methoxy groups -OCH3 is 1. The molecule has 0 saturated carbocycles. The van der Waals surface area contributed by atoms with Crippen molar-refractivity contribution in [2.45, 2.75) is 37.5 Å². The standard InChI is InChI=1S/C19H27N5O2/c1-25-14-19(7-9-20-10-8-19)18-22-17(23-26-18)15-5-6-16(21-13-15)24-11-3-2-4-12-24/h5-6,13,20H,2-4,7-12,14H2,1H3. The summed E-state index contributed by atoms with van der Waals surface area (Å²) in [7, 11) is 1.73. The maximum absolute atomic E-state index is 5.65. The van der Waals surface area contributed by atoms with Crippen LogP contribution in [-0.4, -0.2) is 55.0 Å². The first-order valence-corrected chi connectivity index (χ1v) is 9.56. The summed E-state index contributed by atoms with van der Waals surface area (Å²) in [6.07, 6.45) is 7.54. The molecule has 7 heteroatoms. The van der Waals surface area contributed by atoms with Crippen molar-refractivity contribution in [1.29, 1.82) is 0 Å². The Balaban J connectivity index is 1.53. The van der Waals surface area contributed by atoms with Gasteiger partial charge in [0.05, 0.1) is 12.0 Å². The van der Waals surface area contributed by atoms with Gasteiger partial charge in [0, 0.05) is 32.0 Å². The molecule has 2 aliphatic heterocycles. The fourth-order valence-corrected chi connectivity index (χ4v) is 3.99. The third kappa shape index (κ3) is 3.46. The van der Waals surface area contributed by atoms with Crippen LogP contribution in [0.3, 0.4) is 0 Å². The van der Waals surface area contributed by atoms with Crippen molar-refractivity contribution < 1.29 is 9.26 Å². The SMILES string of the molecule is COCC1(c2nc(-c3ccc(N4CCCCC4)nc3)no2)CCNCC1. The van der Waals surface area contributed by atoms with Crippen LogP contribution >= 0.6 is 0 Å². The minimum Gasteiger partial charge on any atom is -0.384 e. The minimum absolute atomic E-state index is 0.188. The van der Waals surface area contributed by atoms with Crippen molar-refractivity contribution in [3.8, 4) is 11.4 Å². The lowest BCUT2D eigenvalue weighted by atomic mass is 9.79. The largest absolute Gasteiger partial charge is 0.384 e. The summed E-state index contributed by atoms with van der Waals surface area (Å²) in [6, 6.07) is 4.10. The lowest BCUT2D eigenvalue weighted by molar-refractivity contribution is 0.0850. The van der Waals surface area contributed by atoms with Crippen LogP contribution in [-0.2, 0) is 10.2 Å². The molecule has 2 aromatic rings. The van der Waals surface area contributed by atoms with Crippen LogP contribution in [0.25, 0.3) is 11.4 Å². The van der Waals surface area contributed by atoms with Gasteiger partial charge in [-0.3, -0.25) is 0 Å². The predicted octanol–water partition coefficient (Wildman–Crippen LogP) is 2.39. The number of aromatic nitrogens is 3. The van der Waals surface area contributed by atoms with Gasteiger partial charge < -0.3 is 19.5 Å². The molecule has 0 aromatic carbocycles. The molecule has 26 heavy (non-hydrogen) atoms. The van der Waals surface area contributed by atoms with E-state index in [2.05, 4.69) is 26.4 Å². The quantitative estimate of drug-likeness (QED) is 0.880. The summed E-state index contributed by atoms with van der Waals surface area (Å²) < 4.78 is 11.1. The molecule has 0 amide bonds. The summed E-state index contributed by atoms with van der Waals surface area (Å²) in [6.45, 7) is 4.65. The Morgan fingerprint density at radius 3 is 2.69 bits per heavy atom. The Labute approximate surface area is 154 Å². The molecule has 2 saturated heterocycles. The first-order chi connectivity index (χ1) is 12.8. The Morgan fingerprint density at radius 2 is 2.00 bits per heavy atom. The van der Waals surface area contributed by atoms with E-state index in [1.807, 2.05) is 12.3 Å². The molecule has 4 heterocycles. The second-order valence-electron chi connectivity index (χ2n) is 7.34. The molecule has 0 atom stereocenters. The van der Waals surface area contributed by atoms with Crippen LogP contribution in [0.2, 0.25) is 0 Å². The maximum atomic E-state index is 5.65.